The number of likely N-dealkylation sites (tertiary alicyclic amines) is 1. The molecular weight excluding hydrogens is 418 g/mol. The van der Waals surface area contributed by atoms with Crippen molar-refractivity contribution in [3.63, 3.8) is 0 Å². The normalized spacial score (nSPS) is 15.6. The molecule has 1 atom stereocenters. The first-order chi connectivity index (χ1) is 16.0. The third-order valence-corrected chi connectivity index (χ3v) is 5.67. The fourth-order valence-electron chi connectivity index (χ4n) is 3.93. The van der Waals surface area contributed by atoms with Gasteiger partial charge in [0.25, 0.3) is 5.91 Å². The highest BCUT2D eigenvalue weighted by Gasteiger charge is 2.23. The van der Waals surface area contributed by atoms with E-state index in [0.717, 1.165) is 42.1 Å². The van der Waals surface area contributed by atoms with E-state index < -0.39 is 0 Å². The number of anilines is 2. The molecule has 0 bridgehead atoms. The second-order valence-electron chi connectivity index (χ2n) is 7.97. The van der Waals surface area contributed by atoms with E-state index in [2.05, 4.69) is 20.6 Å². The van der Waals surface area contributed by atoms with E-state index >= 15 is 0 Å². The smallest absolute Gasteiger partial charge is 0.251 e. The maximum absolute atomic E-state index is 12.7. The molecule has 0 radical (unpaired) electrons. The van der Waals surface area contributed by atoms with E-state index in [0.29, 0.717) is 17.9 Å². The molecule has 33 heavy (non-hydrogen) atoms. The van der Waals surface area contributed by atoms with Crippen LogP contribution in [0.1, 0.15) is 30.1 Å². The summed E-state index contributed by atoms with van der Waals surface area (Å²) in [5.41, 5.74) is 2.99. The Morgan fingerprint density at radius 3 is 2.64 bits per heavy atom. The first-order valence-electron chi connectivity index (χ1n) is 10.9. The molecule has 8 heteroatoms. The van der Waals surface area contributed by atoms with Gasteiger partial charge in [0.1, 0.15) is 17.9 Å². The van der Waals surface area contributed by atoms with E-state index in [1.54, 1.807) is 31.1 Å². The second-order valence-corrected chi connectivity index (χ2v) is 7.97. The Kier molecular flexibility index (Phi) is 6.83. The highest BCUT2D eigenvalue weighted by Crippen LogP contribution is 2.29. The Labute approximate surface area is 193 Å². The molecule has 1 fully saturated rings. The lowest BCUT2D eigenvalue weighted by atomic mass is 10.0. The van der Waals surface area contributed by atoms with Gasteiger partial charge < -0.3 is 20.3 Å². The number of para-hydroxylation sites is 1. The van der Waals surface area contributed by atoms with Gasteiger partial charge in [-0.3, -0.25) is 9.59 Å². The van der Waals surface area contributed by atoms with Gasteiger partial charge in [-0.1, -0.05) is 12.1 Å². The maximum Gasteiger partial charge on any atom is 0.251 e. The molecule has 8 nitrogen and oxygen atoms in total. The zero-order valence-corrected chi connectivity index (χ0v) is 18.7. The van der Waals surface area contributed by atoms with Crippen LogP contribution in [0.15, 0.2) is 60.9 Å². The lowest BCUT2D eigenvalue weighted by Crippen LogP contribution is -2.49. The summed E-state index contributed by atoms with van der Waals surface area (Å²) in [6.45, 7) is 2.87. The Hall–Kier alpha value is -3.94. The standard InChI is InChI=1S/C25H27N5O3/c1-17(31)30-13-5-6-20(15-30)29-25(32)18-9-11-19(12-10-18)28-24-14-22(26-16-27-24)21-7-3-4-8-23(21)33-2/h3-4,7-12,14,16,20H,5-6,13,15H2,1-2H3,(H,29,32)(H,26,27,28). The molecule has 0 saturated carbocycles. The van der Waals surface area contributed by atoms with Gasteiger partial charge >= 0.3 is 0 Å². The van der Waals surface area contributed by atoms with Crippen LogP contribution in [0.4, 0.5) is 11.5 Å². The Balaban J connectivity index is 1.41. The molecule has 1 aliphatic rings. The van der Waals surface area contributed by atoms with Gasteiger partial charge in [0.15, 0.2) is 0 Å². The van der Waals surface area contributed by atoms with Crippen LogP contribution in [0, 0.1) is 0 Å². The number of amides is 2. The second kappa shape index (κ2) is 10.1. The van der Waals surface area contributed by atoms with Gasteiger partial charge in [-0.25, -0.2) is 9.97 Å². The topological polar surface area (TPSA) is 96.5 Å². The van der Waals surface area contributed by atoms with Crippen molar-refractivity contribution in [2.75, 3.05) is 25.5 Å². The fourth-order valence-corrected chi connectivity index (χ4v) is 3.93. The van der Waals surface area contributed by atoms with E-state index in [-0.39, 0.29) is 17.9 Å². The van der Waals surface area contributed by atoms with Crippen LogP contribution in [0.3, 0.4) is 0 Å². The molecule has 1 aromatic heterocycles. The molecule has 0 aliphatic carbocycles. The number of piperidine rings is 1. The van der Waals surface area contributed by atoms with Gasteiger partial charge in [-0.15, -0.1) is 0 Å². The Bertz CT molecular complexity index is 1130. The number of methoxy groups -OCH3 is 1. The molecule has 2 amide bonds. The third-order valence-electron chi connectivity index (χ3n) is 5.67. The van der Waals surface area contributed by atoms with E-state index in [1.807, 2.05) is 42.5 Å². The van der Waals surface area contributed by atoms with Crippen LogP contribution in [0.2, 0.25) is 0 Å². The van der Waals surface area contributed by atoms with Crippen molar-refractivity contribution in [2.45, 2.75) is 25.8 Å². The summed E-state index contributed by atoms with van der Waals surface area (Å²) in [6.07, 6.45) is 3.26. The highest BCUT2D eigenvalue weighted by molar-refractivity contribution is 5.94. The SMILES string of the molecule is COc1ccccc1-c1cc(Nc2ccc(C(=O)NC3CCCN(C(C)=O)C3)cc2)ncn1. The zero-order valence-electron chi connectivity index (χ0n) is 18.7. The number of rotatable bonds is 6. The lowest BCUT2D eigenvalue weighted by molar-refractivity contribution is -0.130. The molecule has 3 aromatic rings. The molecule has 170 valence electrons. The molecule has 1 aliphatic heterocycles. The molecule has 1 saturated heterocycles. The first kappa shape index (κ1) is 22.3. The number of nitrogens with zero attached hydrogens (tertiary/aromatic N) is 3. The van der Waals surface area contributed by atoms with Crippen LogP contribution in [-0.2, 0) is 4.79 Å². The van der Waals surface area contributed by atoms with Crippen LogP contribution in [0.25, 0.3) is 11.3 Å². The quantitative estimate of drug-likeness (QED) is 0.601. The van der Waals surface area contributed by atoms with Crippen molar-refractivity contribution in [1.29, 1.82) is 0 Å². The number of hydrogen-bond acceptors (Lipinski definition) is 6. The molecule has 0 spiro atoms. The van der Waals surface area contributed by atoms with Crippen LogP contribution in [-0.4, -0.2) is 52.9 Å². The van der Waals surface area contributed by atoms with E-state index in [1.165, 1.54) is 6.33 Å². The van der Waals surface area contributed by atoms with Crippen LogP contribution < -0.4 is 15.4 Å². The minimum Gasteiger partial charge on any atom is -0.496 e. The van der Waals surface area contributed by atoms with Crippen molar-refractivity contribution in [3.05, 3.63) is 66.5 Å². The van der Waals surface area contributed by atoms with Crippen molar-refractivity contribution < 1.29 is 14.3 Å². The Morgan fingerprint density at radius 2 is 1.88 bits per heavy atom. The molecule has 2 heterocycles. The summed E-state index contributed by atoms with van der Waals surface area (Å²) in [5.74, 6) is 1.27. The number of hydrogen-bond donors (Lipinski definition) is 2. The number of ether oxygens (including phenoxy) is 1. The summed E-state index contributed by atoms with van der Waals surface area (Å²) in [5, 5.41) is 6.29. The number of carbonyl (C=O) groups is 2. The monoisotopic (exact) mass is 445 g/mol. The lowest BCUT2D eigenvalue weighted by Gasteiger charge is -2.32. The number of benzene rings is 2. The molecule has 2 aromatic carbocycles. The summed E-state index contributed by atoms with van der Waals surface area (Å²) in [6, 6.07) is 16.7. The summed E-state index contributed by atoms with van der Waals surface area (Å²) >= 11 is 0. The van der Waals surface area contributed by atoms with Crippen molar-refractivity contribution in [2.24, 2.45) is 0 Å². The van der Waals surface area contributed by atoms with Crippen molar-refractivity contribution in [1.82, 2.24) is 20.2 Å². The molecule has 1 unspecified atom stereocenters. The molecule has 2 N–H and O–H groups in total. The predicted molar refractivity (Wildman–Crippen MR) is 126 cm³/mol. The minimum absolute atomic E-state index is 0.0256. The molecule has 4 rings (SSSR count). The predicted octanol–water partition coefficient (Wildman–Crippen LogP) is 3.64. The number of carbonyl (C=O) groups excluding carboxylic acids is 2. The van der Waals surface area contributed by atoms with Crippen LogP contribution in [0.5, 0.6) is 5.75 Å². The number of nitrogens with one attached hydrogen (secondary N) is 2. The average molecular weight is 446 g/mol. The van der Waals surface area contributed by atoms with Crippen molar-refractivity contribution in [3.8, 4) is 17.0 Å². The highest BCUT2D eigenvalue weighted by atomic mass is 16.5. The summed E-state index contributed by atoms with van der Waals surface area (Å²) < 4.78 is 5.43. The van der Waals surface area contributed by atoms with Crippen molar-refractivity contribution >= 4 is 23.3 Å². The minimum atomic E-state index is -0.141. The van der Waals surface area contributed by atoms with Gasteiger partial charge in [0.05, 0.1) is 12.8 Å². The maximum atomic E-state index is 12.7. The molecular formula is C25H27N5O3. The third kappa shape index (κ3) is 5.46. The van der Waals surface area contributed by atoms with E-state index in [9.17, 15) is 9.59 Å². The summed E-state index contributed by atoms with van der Waals surface area (Å²) in [4.78, 5) is 34.7. The average Bonchev–Trinajstić information content (AvgIpc) is 2.84. The Morgan fingerprint density at radius 1 is 1.09 bits per heavy atom. The van der Waals surface area contributed by atoms with Gasteiger partial charge in [0, 0.05) is 48.9 Å². The largest absolute Gasteiger partial charge is 0.496 e. The first-order valence-corrected chi connectivity index (χ1v) is 10.9. The van der Waals surface area contributed by atoms with Crippen LogP contribution >= 0.6 is 0 Å². The van der Waals surface area contributed by atoms with Gasteiger partial charge in [-0.2, -0.15) is 0 Å². The zero-order chi connectivity index (χ0) is 23.2. The number of aromatic nitrogens is 2. The van der Waals surface area contributed by atoms with Gasteiger partial charge in [0.2, 0.25) is 5.91 Å². The summed E-state index contributed by atoms with van der Waals surface area (Å²) in [7, 11) is 1.63. The van der Waals surface area contributed by atoms with E-state index in [4.69, 9.17) is 4.74 Å². The van der Waals surface area contributed by atoms with Gasteiger partial charge in [-0.05, 0) is 49.2 Å². The fraction of sp³-hybridized carbons (Fsp3) is 0.280.